The average molecular weight is 396 g/mol. The molecule has 144 valence electrons. The molecule has 0 saturated carbocycles. The van der Waals surface area contributed by atoms with Gasteiger partial charge in [0.25, 0.3) is 0 Å². The van der Waals surface area contributed by atoms with Gasteiger partial charge >= 0.3 is 5.69 Å². The molecule has 1 aliphatic rings. The number of pyridine rings is 1. The summed E-state index contributed by atoms with van der Waals surface area (Å²) in [5.74, 6) is 0.988. The van der Waals surface area contributed by atoms with E-state index in [1.54, 1.807) is 17.4 Å². The summed E-state index contributed by atoms with van der Waals surface area (Å²) in [6, 6.07) is 10.9. The summed E-state index contributed by atoms with van der Waals surface area (Å²) in [6.07, 6.45) is 0. The first-order valence-corrected chi connectivity index (χ1v) is 9.89. The molecule has 1 aromatic carbocycles. The average Bonchev–Trinajstić information content (AvgIpc) is 3.15. The van der Waals surface area contributed by atoms with Crippen molar-refractivity contribution in [3.05, 3.63) is 56.9 Å². The van der Waals surface area contributed by atoms with E-state index in [9.17, 15) is 10.1 Å². The molecule has 2 aromatic heterocycles. The highest BCUT2D eigenvalue weighted by molar-refractivity contribution is 7.09. The number of nitro groups is 1. The molecule has 8 nitrogen and oxygen atoms in total. The summed E-state index contributed by atoms with van der Waals surface area (Å²) in [6.45, 7) is 5.37. The fourth-order valence-electron chi connectivity index (χ4n) is 3.11. The van der Waals surface area contributed by atoms with E-state index in [4.69, 9.17) is 0 Å². The summed E-state index contributed by atoms with van der Waals surface area (Å²) >= 11 is 1.61. The number of nitrogens with one attached hydrogen (secondary N) is 2. The number of hydrogen-bond acceptors (Lipinski definition) is 8. The van der Waals surface area contributed by atoms with Crippen molar-refractivity contribution in [3.8, 4) is 11.3 Å². The van der Waals surface area contributed by atoms with Crippen molar-refractivity contribution in [3.63, 3.8) is 0 Å². The van der Waals surface area contributed by atoms with E-state index in [1.165, 1.54) is 6.07 Å². The summed E-state index contributed by atoms with van der Waals surface area (Å²) in [4.78, 5) is 22.2. The van der Waals surface area contributed by atoms with Crippen LogP contribution in [0, 0.1) is 17.0 Å². The second-order valence-corrected chi connectivity index (χ2v) is 7.55. The van der Waals surface area contributed by atoms with E-state index >= 15 is 0 Å². The fourth-order valence-corrected chi connectivity index (χ4v) is 3.73. The second-order valence-electron chi connectivity index (χ2n) is 6.49. The van der Waals surface area contributed by atoms with Crippen LogP contribution in [0.15, 0.2) is 41.8 Å². The highest BCUT2D eigenvalue weighted by Gasteiger charge is 2.19. The topological polar surface area (TPSA) is 96.2 Å². The Kier molecular flexibility index (Phi) is 5.18. The van der Waals surface area contributed by atoms with E-state index in [0.29, 0.717) is 0 Å². The van der Waals surface area contributed by atoms with E-state index in [0.717, 1.165) is 53.9 Å². The van der Waals surface area contributed by atoms with Crippen molar-refractivity contribution in [1.82, 2.24) is 15.3 Å². The first-order chi connectivity index (χ1) is 13.6. The van der Waals surface area contributed by atoms with E-state index in [1.807, 2.05) is 36.6 Å². The Morgan fingerprint density at radius 3 is 2.54 bits per heavy atom. The number of piperazine rings is 1. The smallest absolute Gasteiger partial charge is 0.311 e. The highest BCUT2D eigenvalue weighted by atomic mass is 32.1. The van der Waals surface area contributed by atoms with E-state index < -0.39 is 4.92 Å². The van der Waals surface area contributed by atoms with Gasteiger partial charge in [0.1, 0.15) is 5.82 Å². The van der Waals surface area contributed by atoms with Gasteiger partial charge in [0, 0.05) is 48.9 Å². The lowest BCUT2D eigenvalue weighted by Gasteiger charge is -2.28. The van der Waals surface area contributed by atoms with Crippen molar-refractivity contribution in [1.29, 1.82) is 0 Å². The third-order valence-electron chi connectivity index (χ3n) is 4.56. The maximum Gasteiger partial charge on any atom is 0.311 e. The van der Waals surface area contributed by atoms with Gasteiger partial charge in [0.15, 0.2) is 0 Å². The molecular weight excluding hydrogens is 376 g/mol. The molecule has 28 heavy (non-hydrogen) atoms. The Bertz CT molecular complexity index is 982. The maximum atomic E-state index is 11.4. The van der Waals surface area contributed by atoms with Gasteiger partial charge in [-0.2, -0.15) is 0 Å². The maximum absolute atomic E-state index is 11.4. The van der Waals surface area contributed by atoms with E-state index in [-0.39, 0.29) is 11.5 Å². The van der Waals surface area contributed by atoms with Crippen LogP contribution in [0.5, 0.6) is 0 Å². The number of aromatic nitrogens is 2. The zero-order valence-corrected chi connectivity index (χ0v) is 16.2. The quantitative estimate of drug-likeness (QED) is 0.503. The lowest BCUT2D eigenvalue weighted by Crippen LogP contribution is -2.43. The van der Waals surface area contributed by atoms with Crippen molar-refractivity contribution in [2.45, 2.75) is 6.92 Å². The summed E-state index contributed by atoms with van der Waals surface area (Å²) < 4.78 is 0. The first-order valence-electron chi connectivity index (χ1n) is 9.01. The van der Waals surface area contributed by atoms with Gasteiger partial charge < -0.3 is 15.5 Å². The van der Waals surface area contributed by atoms with Crippen LogP contribution in [0.1, 0.15) is 5.01 Å². The lowest BCUT2D eigenvalue weighted by molar-refractivity contribution is -0.384. The Labute approximate surface area is 166 Å². The van der Waals surface area contributed by atoms with Crippen LogP contribution in [-0.4, -0.2) is 41.1 Å². The summed E-state index contributed by atoms with van der Waals surface area (Å²) in [5, 5.41) is 20.9. The molecule has 0 aliphatic carbocycles. The molecular formula is C19H20N6O2S. The predicted octanol–water partition coefficient (Wildman–Crippen LogP) is 3.57. The van der Waals surface area contributed by atoms with Gasteiger partial charge in [-0.05, 0) is 25.1 Å². The molecule has 1 saturated heterocycles. The molecule has 9 heteroatoms. The molecule has 0 bridgehead atoms. The molecule has 0 unspecified atom stereocenters. The minimum absolute atomic E-state index is 0.0434. The number of thiazole rings is 1. The minimum atomic E-state index is -0.413. The van der Waals surface area contributed by atoms with Gasteiger partial charge in [-0.15, -0.1) is 11.3 Å². The summed E-state index contributed by atoms with van der Waals surface area (Å²) in [5.41, 5.74) is 2.63. The first kappa shape index (κ1) is 18.3. The minimum Gasteiger partial charge on any atom is -0.354 e. The van der Waals surface area contributed by atoms with Gasteiger partial charge in [0.05, 0.1) is 15.6 Å². The third-order valence-corrected chi connectivity index (χ3v) is 5.33. The van der Waals surface area contributed by atoms with Crippen molar-refractivity contribution in [2.24, 2.45) is 0 Å². The van der Waals surface area contributed by atoms with Crippen LogP contribution >= 0.6 is 11.3 Å². The lowest BCUT2D eigenvalue weighted by atomic mass is 10.1. The number of hydrogen-bond donors (Lipinski definition) is 2. The van der Waals surface area contributed by atoms with E-state index in [2.05, 4.69) is 25.5 Å². The normalized spacial score (nSPS) is 14.1. The number of rotatable bonds is 5. The van der Waals surface area contributed by atoms with Crippen molar-refractivity contribution >= 4 is 34.3 Å². The molecule has 0 amide bonds. The molecule has 3 heterocycles. The Morgan fingerprint density at radius 2 is 1.89 bits per heavy atom. The third kappa shape index (κ3) is 3.95. The van der Waals surface area contributed by atoms with Crippen LogP contribution < -0.4 is 15.5 Å². The molecule has 0 atom stereocenters. The number of aryl methyl sites for hydroxylation is 1. The van der Waals surface area contributed by atoms with Crippen LogP contribution in [0.3, 0.4) is 0 Å². The zero-order valence-electron chi connectivity index (χ0n) is 15.4. The standard InChI is InChI=1S/C19H20N6O2S/c1-13-21-16(12-28-13)14-2-4-15(5-3-14)22-19-17(25(26)27)6-7-18(23-19)24-10-8-20-9-11-24/h2-7,12,20H,8-11H2,1H3,(H,22,23). The van der Waals surface area contributed by atoms with Crippen LogP contribution in [0.25, 0.3) is 11.3 Å². The number of anilines is 3. The van der Waals surface area contributed by atoms with Gasteiger partial charge in [-0.25, -0.2) is 9.97 Å². The zero-order chi connectivity index (χ0) is 19.5. The monoisotopic (exact) mass is 396 g/mol. The molecule has 0 radical (unpaired) electrons. The fraction of sp³-hybridized carbons (Fsp3) is 0.263. The largest absolute Gasteiger partial charge is 0.354 e. The van der Waals surface area contributed by atoms with Crippen molar-refractivity contribution < 1.29 is 4.92 Å². The van der Waals surface area contributed by atoms with Crippen LogP contribution in [0.4, 0.5) is 23.0 Å². The Morgan fingerprint density at radius 1 is 1.14 bits per heavy atom. The van der Waals surface area contributed by atoms with Gasteiger partial charge in [-0.3, -0.25) is 10.1 Å². The molecule has 1 fully saturated rings. The molecule has 2 N–H and O–H groups in total. The van der Waals surface area contributed by atoms with Gasteiger partial charge in [-0.1, -0.05) is 12.1 Å². The highest BCUT2D eigenvalue weighted by Crippen LogP contribution is 2.30. The number of benzene rings is 1. The molecule has 3 aromatic rings. The molecule has 0 spiro atoms. The van der Waals surface area contributed by atoms with Crippen LogP contribution in [0.2, 0.25) is 0 Å². The van der Waals surface area contributed by atoms with Crippen LogP contribution in [-0.2, 0) is 0 Å². The van der Waals surface area contributed by atoms with Gasteiger partial charge in [0.2, 0.25) is 5.82 Å². The second kappa shape index (κ2) is 7.91. The Balaban J connectivity index is 1.59. The van der Waals surface area contributed by atoms with Crippen molar-refractivity contribution in [2.75, 3.05) is 36.4 Å². The molecule has 4 rings (SSSR count). The molecule has 1 aliphatic heterocycles. The predicted molar refractivity (Wildman–Crippen MR) is 112 cm³/mol. The number of nitrogens with zero attached hydrogens (tertiary/aromatic N) is 4. The SMILES string of the molecule is Cc1nc(-c2ccc(Nc3nc(N4CCNCC4)ccc3[N+](=O)[O-])cc2)cs1. The summed E-state index contributed by atoms with van der Waals surface area (Å²) in [7, 11) is 0. The Hall–Kier alpha value is -3.04.